The normalized spacial score (nSPS) is 15.2. The van der Waals surface area contributed by atoms with Crippen LogP contribution in [0.2, 0.25) is 0 Å². The number of carbonyl (C=O) groups is 1. The zero-order valence-corrected chi connectivity index (χ0v) is 17.0. The molecule has 1 N–H and O–H groups in total. The summed E-state index contributed by atoms with van der Waals surface area (Å²) in [6.45, 7) is 6.64. The summed E-state index contributed by atoms with van der Waals surface area (Å²) in [6, 6.07) is 13.9. The third-order valence-corrected chi connectivity index (χ3v) is 5.08. The summed E-state index contributed by atoms with van der Waals surface area (Å²) in [6.07, 6.45) is 2.42. The van der Waals surface area contributed by atoms with Crippen molar-refractivity contribution >= 4 is 5.91 Å². The second-order valence-corrected chi connectivity index (χ2v) is 7.60. The van der Waals surface area contributed by atoms with Crippen LogP contribution in [-0.4, -0.2) is 43.7 Å². The predicted molar refractivity (Wildman–Crippen MR) is 111 cm³/mol. The molecule has 2 aromatic rings. The maximum absolute atomic E-state index is 12.1. The molecule has 0 radical (unpaired) electrons. The van der Waals surface area contributed by atoms with Gasteiger partial charge in [0.05, 0.1) is 0 Å². The summed E-state index contributed by atoms with van der Waals surface area (Å²) < 4.78 is 11.7. The minimum atomic E-state index is -0.132. The Bertz CT molecular complexity index is 781. The number of aryl methyl sites for hydroxylation is 2. The van der Waals surface area contributed by atoms with Crippen molar-refractivity contribution in [1.82, 2.24) is 10.2 Å². The number of nitrogens with zero attached hydrogens (tertiary/aromatic N) is 1. The highest BCUT2D eigenvalue weighted by Gasteiger charge is 2.17. The monoisotopic (exact) mass is 382 g/mol. The molecule has 1 fully saturated rings. The number of hydrogen-bond acceptors (Lipinski definition) is 4. The molecular formula is C23H30N2O3. The summed E-state index contributed by atoms with van der Waals surface area (Å²) in [5.41, 5.74) is 3.18. The fraction of sp³-hybridized carbons (Fsp3) is 0.435. The largest absolute Gasteiger partial charge is 0.490 e. The Labute approximate surface area is 167 Å². The number of ether oxygens (including phenoxy) is 2. The number of rotatable bonds is 7. The van der Waals surface area contributed by atoms with Gasteiger partial charge >= 0.3 is 0 Å². The van der Waals surface area contributed by atoms with Gasteiger partial charge in [-0.25, -0.2) is 0 Å². The van der Waals surface area contributed by atoms with Gasteiger partial charge in [-0.3, -0.25) is 4.79 Å². The van der Waals surface area contributed by atoms with E-state index < -0.39 is 0 Å². The van der Waals surface area contributed by atoms with E-state index in [0.717, 1.165) is 54.1 Å². The molecule has 5 nitrogen and oxygen atoms in total. The van der Waals surface area contributed by atoms with Gasteiger partial charge in [-0.1, -0.05) is 24.3 Å². The molecule has 1 aliphatic rings. The summed E-state index contributed by atoms with van der Waals surface area (Å²) >= 11 is 0. The molecule has 0 atom stereocenters. The van der Waals surface area contributed by atoms with Crippen molar-refractivity contribution in [2.24, 2.45) is 0 Å². The van der Waals surface area contributed by atoms with Crippen molar-refractivity contribution in [2.45, 2.75) is 39.3 Å². The average molecular weight is 383 g/mol. The topological polar surface area (TPSA) is 50.8 Å². The van der Waals surface area contributed by atoms with Crippen molar-refractivity contribution in [1.29, 1.82) is 0 Å². The molecule has 0 spiro atoms. The SMILES string of the molecule is Cc1ccc(C)c(OCC(=O)NCc2ccc(OC3CCN(C)CC3)cc2)c1. The molecule has 0 aliphatic carbocycles. The molecule has 2 aromatic carbocycles. The molecule has 150 valence electrons. The zero-order chi connectivity index (χ0) is 19.9. The molecule has 1 amide bonds. The summed E-state index contributed by atoms with van der Waals surface area (Å²) in [7, 11) is 2.15. The molecule has 0 aromatic heterocycles. The second kappa shape index (κ2) is 9.60. The van der Waals surface area contributed by atoms with Crippen LogP contribution in [0.25, 0.3) is 0 Å². The Morgan fingerprint density at radius 2 is 1.82 bits per heavy atom. The third kappa shape index (κ3) is 5.99. The van der Waals surface area contributed by atoms with Crippen LogP contribution in [0.15, 0.2) is 42.5 Å². The Morgan fingerprint density at radius 3 is 2.54 bits per heavy atom. The summed E-state index contributed by atoms with van der Waals surface area (Å²) in [5.74, 6) is 1.51. The minimum absolute atomic E-state index is 0.0155. The van der Waals surface area contributed by atoms with Gasteiger partial charge < -0.3 is 19.7 Å². The van der Waals surface area contributed by atoms with Gasteiger partial charge in [0.15, 0.2) is 6.61 Å². The van der Waals surface area contributed by atoms with Crippen molar-refractivity contribution in [3.63, 3.8) is 0 Å². The highest BCUT2D eigenvalue weighted by molar-refractivity contribution is 5.77. The van der Waals surface area contributed by atoms with E-state index in [2.05, 4.69) is 17.3 Å². The van der Waals surface area contributed by atoms with Crippen LogP contribution in [0, 0.1) is 13.8 Å². The lowest BCUT2D eigenvalue weighted by molar-refractivity contribution is -0.123. The number of benzene rings is 2. The van der Waals surface area contributed by atoms with Crippen LogP contribution in [0.4, 0.5) is 0 Å². The molecule has 5 heteroatoms. The van der Waals surface area contributed by atoms with E-state index in [4.69, 9.17) is 9.47 Å². The third-order valence-electron chi connectivity index (χ3n) is 5.08. The van der Waals surface area contributed by atoms with Crippen molar-refractivity contribution < 1.29 is 14.3 Å². The fourth-order valence-corrected chi connectivity index (χ4v) is 3.24. The van der Waals surface area contributed by atoms with Gasteiger partial charge in [-0.2, -0.15) is 0 Å². The number of carbonyl (C=O) groups excluding carboxylic acids is 1. The van der Waals surface area contributed by atoms with E-state index in [1.165, 1.54) is 0 Å². The molecule has 3 rings (SSSR count). The number of amides is 1. The smallest absolute Gasteiger partial charge is 0.258 e. The second-order valence-electron chi connectivity index (χ2n) is 7.60. The Morgan fingerprint density at radius 1 is 1.11 bits per heavy atom. The van der Waals surface area contributed by atoms with Crippen molar-refractivity contribution in [3.05, 3.63) is 59.2 Å². The van der Waals surface area contributed by atoms with Gasteiger partial charge in [0, 0.05) is 19.6 Å². The van der Waals surface area contributed by atoms with E-state index in [-0.39, 0.29) is 12.5 Å². The first-order chi connectivity index (χ1) is 13.5. The highest BCUT2D eigenvalue weighted by Crippen LogP contribution is 2.20. The molecular weight excluding hydrogens is 352 g/mol. The van der Waals surface area contributed by atoms with Crippen molar-refractivity contribution in [2.75, 3.05) is 26.7 Å². The number of hydrogen-bond donors (Lipinski definition) is 1. The van der Waals surface area contributed by atoms with Crippen LogP contribution in [0.3, 0.4) is 0 Å². The molecule has 1 saturated heterocycles. The van der Waals surface area contributed by atoms with Crippen LogP contribution < -0.4 is 14.8 Å². The molecule has 1 aliphatic heterocycles. The zero-order valence-electron chi connectivity index (χ0n) is 17.0. The average Bonchev–Trinajstić information content (AvgIpc) is 2.70. The fourth-order valence-electron chi connectivity index (χ4n) is 3.24. The van der Waals surface area contributed by atoms with Gasteiger partial charge in [0.2, 0.25) is 0 Å². The molecule has 1 heterocycles. The Hall–Kier alpha value is -2.53. The quantitative estimate of drug-likeness (QED) is 0.797. The number of piperidine rings is 1. The lowest BCUT2D eigenvalue weighted by Crippen LogP contribution is -2.35. The van der Waals surface area contributed by atoms with E-state index in [1.54, 1.807) is 0 Å². The van der Waals surface area contributed by atoms with Gasteiger partial charge in [-0.05, 0) is 68.6 Å². The van der Waals surface area contributed by atoms with Crippen LogP contribution in [-0.2, 0) is 11.3 Å². The van der Waals surface area contributed by atoms with Crippen LogP contribution in [0.1, 0.15) is 29.5 Å². The molecule has 0 saturated carbocycles. The lowest BCUT2D eigenvalue weighted by Gasteiger charge is -2.29. The molecule has 28 heavy (non-hydrogen) atoms. The van der Waals surface area contributed by atoms with Crippen molar-refractivity contribution in [3.8, 4) is 11.5 Å². The molecule has 0 bridgehead atoms. The summed E-state index contributed by atoms with van der Waals surface area (Å²) in [5, 5.41) is 2.90. The van der Waals surface area contributed by atoms with Gasteiger partial charge in [-0.15, -0.1) is 0 Å². The Kier molecular flexibility index (Phi) is 6.93. The first-order valence-corrected chi connectivity index (χ1v) is 9.90. The lowest BCUT2D eigenvalue weighted by atomic mass is 10.1. The number of likely N-dealkylation sites (tertiary alicyclic amines) is 1. The van der Waals surface area contributed by atoms with Gasteiger partial charge in [0.1, 0.15) is 17.6 Å². The summed E-state index contributed by atoms with van der Waals surface area (Å²) in [4.78, 5) is 14.4. The van der Waals surface area contributed by atoms with Gasteiger partial charge in [0.25, 0.3) is 5.91 Å². The van der Waals surface area contributed by atoms with Crippen LogP contribution in [0.5, 0.6) is 11.5 Å². The van der Waals surface area contributed by atoms with E-state index in [0.29, 0.717) is 12.6 Å². The first-order valence-electron chi connectivity index (χ1n) is 9.90. The van der Waals surface area contributed by atoms with Crippen LogP contribution >= 0.6 is 0 Å². The predicted octanol–water partition coefficient (Wildman–Crippen LogP) is 3.47. The first kappa shape index (κ1) is 20.2. The van der Waals surface area contributed by atoms with E-state index >= 15 is 0 Å². The molecule has 0 unspecified atom stereocenters. The highest BCUT2D eigenvalue weighted by atomic mass is 16.5. The maximum Gasteiger partial charge on any atom is 0.258 e. The standard InChI is InChI=1S/C23H30N2O3/c1-17-4-5-18(2)22(14-17)27-16-23(26)24-15-19-6-8-20(9-7-19)28-21-10-12-25(3)13-11-21/h4-9,14,21H,10-13,15-16H2,1-3H3,(H,24,26). The van der Waals surface area contributed by atoms with E-state index in [1.807, 2.05) is 56.3 Å². The number of nitrogens with one attached hydrogen (secondary N) is 1. The maximum atomic E-state index is 12.1. The Balaban J connectivity index is 1.41. The minimum Gasteiger partial charge on any atom is -0.490 e. The van der Waals surface area contributed by atoms with E-state index in [9.17, 15) is 4.79 Å².